The van der Waals surface area contributed by atoms with Gasteiger partial charge < -0.3 is 14.6 Å². The fraction of sp³-hybridized carbons (Fsp3) is 0.409. The van der Waals surface area contributed by atoms with Crippen molar-refractivity contribution in [2.75, 3.05) is 11.9 Å². The Labute approximate surface area is 176 Å². The third kappa shape index (κ3) is 5.10. The number of aryl methyl sites for hydroxylation is 3. The van der Waals surface area contributed by atoms with Crippen LogP contribution in [0.25, 0.3) is 10.8 Å². The second-order valence-corrected chi connectivity index (χ2v) is 8.50. The van der Waals surface area contributed by atoms with E-state index in [-0.39, 0.29) is 11.9 Å². The van der Waals surface area contributed by atoms with Gasteiger partial charge in [-0.25, -0.2) is 0 Å². The summed E-state index contributed by atoms with van der Waals surface area (Å²) < 4.78 is 5.84. The molecule has 154 valence electrons. The van der Waals surface area contributed by atoms with Crippen molar-refractivity contribution in [3.63, 3.8) is 0 Å². The van der Waals surface area contributed by atoms with Crippen molar-refractivity contribution in [3.8, 4) is 10.8 Å². The summed E-state index contributed by atoms with van der Waals surface area (Å²) >= 11 is 1.57. The summed E-state index contributed by atoms with van der Waals surface area (Å²) in [5.74, 6) is 1.09. The average Bonchev–Trinajstić information content (AvgIpc) is 3.35. The number of anilines is 1. The van der Waals surface area contributed by atoms with Crippen molar-refractivity contribution in [3.05, 3.63) is 52.2 Å². The molecule has 0 bridgehead atoms. The van der Waals surface area contributed by atoms with Gasteiger partial charge in [0.2, 0.25) is 0 Å². The van der Waals surface area contributed by atoms with E-state index in [0.29, 0.717) is 18.3 Å². The van der Waals surface area contributed by atoms with Crippen molar-refractivity contribution < 1.29 is 14.1 Å². The molecule has 0 aliphatic heterocycles. The van der Waals surface area contributed by atoms with Crippen molar-refractivity contribution in [1.82, 2.24) is 10.2 Å². The lowest BCUT2D eigenvalue weighted by molar-refractivity contribution is -0.928. The third-order valence-electron chi connectivity index (χ3n) is 5.08. The van der Waals surface area contributed by atoms with E-state index in [1.165, 1.54) is 5.56 Å². The van der Waals surface area contributed by atoms with Crippen LogP contribution in [0.15, 0.2) is 34.1 Å². The number of hydrogen-bond donors (Lipinski definition) is 2. The van der Waals surface area contributed by atoms with Gasteiger partial charge in [0.25, 0.3) is 17.7 Å². The zero-order valence-electron chi connectivity index (χ0n) is 17.7. The molecule has 7 heteroatoms. The van der Waals surface area contributed by atoms with Gasteiger partial charge in [-0.1, -0.05) is 30.7 Å². The lowest BCUT2D eigenvalue weighted by Gasteiger charge is -2.24. The molecule has 3 rings (SSSR count). The van der Waals surface area contributed by atoms with E-state index >= 15 is 0 Å². The molecule has 1 unspecified atom stereocenters. The van der Waals surface area contributed by atoms with Crippen LogP contribution in [0, 0.1) is 20.8 Å². The largest absolute Gasteiger partial charge is 0.414 e. The zero-order valence-corrected chi connectivity index (χ0v) is 18.5. The Kier molecular flexibility index (Phi) is 6.82. The molecule has 2 heterocycles. The fourth-order valence-electron chi connectivity index (χ4n) is 3.59. The molecule has 0 fully saturated rings. The molecular weight excluding hydrogens is 384 g/mol. The molecule has 0 spiro atoms. The van der Waals surface area contributed by atoms with Gasteiger partial charge in [0.15, 0.2) is 12.6 Å². The molecule has 1 amide bonds. The van der Waals surface area contributed by atoms with E-state index in [1.54, 1.807) is 11.3 Å². The number of aromatic nitrogens is 2. The van der Waals surface area contributed by atoms with Crippen LogP contribution in [0.2, 0.25) is 0 Å². The van der Waals surface area contributed by atoms with Crippen molar-refractivity contribution in [1.29, 1.82) is 0 Å². The third-order valence-corrected chi connectivity index (χ3v) is 5.94. The molecule has 0 saturated carbocycles. The Morgan fingerprint density at radius 2 is 1.97 bits per heavy atom. The zero-order chi connectivity index (χ0) is 21.0. The predicted molar refractivity (Wildman–Crippen MR) is 116 cm³/mol. The van der Waals surface area contributed by atoms with Crippen LogP contribution in [0.4, 0.5) is 5.69 Å². The van der Waals surface area contributed by atoms with Crippen molar-refractivity contribution in [2.24, 2.45) is 0 Å². The summed E-state index contributed by atoms with van der Waals surface area (Å²) in [7, 11) is 0. The van der Waals surface area contributed by atoms with Crippen molar-refractivity contribution in [2.45, 2.75) is 53.6 Å². The first-order valence-electron chi connectivity index (χ1n) is 9.98. The SMILES string of the molecule is CCC[NH+](Cc1nnc(-c2cccs2)o1)[C@@H](C)C(=O)Nc1c(C)cc(C)cc1C. The number of nitrogens with one attached hydrogen (secondary N) is 2. The minimum Gasteiger partial charge on any atom is -0.414 e. The number of quaternary nitrogens is 1. The Balaban J connectivity index is 1.72. The topological polar surface area (TPSA) is 72.5 Å². The quantitative estimate of drug-likeness (QED) is 0.592. The first-order chi connectivity index (χ1) is 13.9. The first kappa shape index (κ1) is 21.2. The molecule has 6 nitrogen and oxygen atoms in total. The molecular formula is C22H29N4O2S+. The summed E-state index contributed by atoms with van der Waals surface area (Å²) in [6, 6.07) is 7.86. The number of thiophene rings is 1. The van der Waals surface area contributed by atoms with Gasteiger partial charge in [-0.3, -0.25) is 4.79 Å². The molecule has 29 heavy (non-hydrogen) atoms. The van der Waals surface area contributed by atoms with Gasteiger partial charge in [0, 0.05) is 5.69 Å². The number of carbonyl (C=O) groups excluding carboxylic acids is 1. The average molecular weight is 414 g/mol. The Morgan fingerprint density at radius 1 is 1.24 bits per heavy atom. The molecule has 2 aromatic heterocycles. The van der Waals surface area contributed by atoms with E-state index in [9.17, 15) is 4.79 Å². The smallest absolute Gasteiger partial charge is 0.282 e. The maximum atomic E-state index is 13.0. The molecule has 3 aromatic rings. The summed E-state index contributed by atoms with van der Waals surface area (Å²) in [4.78, 5) is 15.1. The molecule has 0 aliphatic rings. The summed E-state index contributed by atoms with van der Waals surface area (Å²) in [6.07, 6.45) is 0.960. The maximum absolute atomic E-state index is 13.0. The van der Waals surface area contributed by atoms with Crippen LogP contribution >= 0.6 is 11.3 Å². The van der Waals surface area contributed by atoms with E-state index in [4.69, 9.17) is 4.42 Å². The molecule has 2 atom stereocenters. The Hall–Kier alpha value is -2.51. The van der Waals surface area contributed by atoms with E-state index in [2.05, 4.69) is 41.5 Å². The van der Waals surface area contributed by atoms with Crippen LogP contribution in [0.1, 0.15) is 42.8 Å². The summed E-state index contributed by atoms with van der Waals surface area (Å²) in [5.41, 5.74) is 4.26. The van der Waals surface area contributed by atoms with Crippen molar-refractivity contribution >= 4 is 22.9 Å². The Morgan fingerprint density at radius 3 is 2.59 bits per heavy atom. The molecule has 0 radical (unpaired) electrons. The van der Waals surface area contributed by atoms with E-state index < -0.39 is 0 Å². The van der Waals surface area contributed by atoms with E-state index in [0.717, 1.165) is 39.6 Å². The molecule has 0 aliphatic carbocycles. The number of amides is 1. The number of carbonyl (C=O) groups is 1. The second kappa shape index (κ2) is 9.33. The molecule has 2 N–H and O–H groups in total. The van der Waals surface area contributed by atoms with Crippen LogP contribution in [0.3, 0.4) is 0 Å². The summed E-state index contributed by atoms with van der Waals surface area (Å²) in [6.45, 7) is 11.6. The number of nitrogens with zero attached hydrogens (tertiary/aromatic N) is 2. The van der Waals surface area contributed by atoms with Crippen LogP contribution < -0.4 is 10.2 Å². The van der Waals surface area contributed by atoms with E-state index in [1.807, 2.05) is 38.3 Å². The van der Waals surface area contributed by atoms with Gasteiger partial charge >= 0.3 is 0 Å². The molecule has 1 aromatic carbocycles. The summed E-state index contributed by atoms with van der Waals surface area (Å²) in [5, 5.41) is 13.5. The standard InChI is InChI=1S/C22H28N4O2S/c1-6-9-26(13-19-24-25-22(28-19)18-8-7-10-29-18)17(5)21(27)23-20-15(3)11-14(2)12-16(20)4/h7-8,10-12,17H,6,9,13H2,1-5H3,(H,23,27)/p+1/t17-/m0/s1. The first-order valence-corrected chi connectivity index (χ1v) is 10.9. The minimum absolute atomic E-state index is 0.00139. The molecule has 0 saturated heterocycles. The van der Waals surface area contributed by atoms with Gasteiger partial charge in [0.05, 0.1) is 11.4 Å². The highest BCUT2D eigenvalue weighted by atomic mass is 32.1. The van der Waals surface area contributed by atoms with Crippen LogP contribution in [-0.4, -0.2) is 28.7 Å². The predicted octanol–water partition coefficient (Wildman–Crippen LogP) is 3.55. The van der Waals surface area contributed by atoms with Gasteiger partial charge in [-0.15, -0.1) is 21.5 Å². The minimum atomic E-state index is -0.243. The lowest BCUT2D eigenvalue weighted by atomic mass is 10.0. The Bertz CT molecular complexity index is 942. The normalized spacial score (nSPS) is 13.3. The maximum Gasteiger partial charge on any atom is 0.282 e. The highest BCUT2D eigenvalue weighted by Gasteiger charge is 2.27. The van der Waals surface area contributed by atoms with Gasteiger partial charge in [0.1, 0.15) is 0 Å². The van der Waals surface area contributed by atoms with Crippen LogP contribution in [0.5, 0.6) is 0 Å². The fourth-order valence-corrected chi connectivity index (χ4v) is 4.24. The lowest BCUT2D eigenvalue weighted by Crippen LogP contribution is -3.15. The number of hydrogen-bond acceptors (Lipinski definition) is 5. The highest BCUT2D eigenvalue weighted by Crippen LogP contribution is 2.23. The highest BCUT2D eigenvalue weighted by molar-refractivity contribution is 7.13. The second-order valence-electron chi connectivity index (χ2n) is 7.55. The monoisotopic (exact) mass is 413 g/mol. The number of rotatable bonds is 8. The van der Waals surface area contributed by atoms with Gasteiger partial charge in [-0.2, -0.15) is 0 Å². The van der Waals surface area contributed by atoms with Gasteiger partial charge in [-0.05, 0) is 56.7 Å². The van der Waals surface area contributed by atoms with Crippen LogP contribution in [-0.2, 0) is 11.3 Å². The number of benzene rings is 1.